The number of hydrogen-bond donors (Lipinski definition) is 2. The number of carbonyl (C=O) groups is 2. The Morgan fingerprint density at radius 3 is 2.44 bits per heavy atom. The normalized spacial score (nSPS) is 11.0. The Bertz CT molecular complexity index is 872. The maximum atomic E-state index is 12.7. The summed E-state index contributed by atoms with van der Waals surface area (Å²) in [5.41, 5.74) is -0.00785. The summed E-state index contributed by atoms with van der Waals surface area (Å²) in [5, 5.41) is 5.35. The summed E-state index contributed by atoms with van der Waals surface area (Å²) in [6, 6.07) is 5.26. The zero-order chi connectivity index (χ0) is 20.2. The molecule has 0 radical (unpaired) electrons. The largest absolute Gasteiger partial charge is 0.427 e. The fraction of sp³-hybridized carbons (Fsp3) is 0.235. The lowest BCUT2D eigenvalue weighted by molar-refractivity contribution is -0.138. The van der Waals surface area contributed by atoms with Crippen LogP contribution in [0.2, 0.25) is 5.02 Å². The van der Waals surface area contributed by atoms with Crippen molar-refractivity contribution in [3.05, 3.63) is 46.7 Å². The molecule has 2 N–H and O–H groups in total. The molecule has 6 nitrogen and oxygen atoms in total. The SMILES string of the molecule is CC(=O)Nc1ccc(OC(C)=O)cc1NCc1ncc(C(F)(F)F)cc1Cl. The first-order chi connectivity index (χ1) is 12.6. The topological polar surface area (TPSA) is 80.3 Å². The molecule has 0 saturated heterocycles. The third kappa shape index (κ3) is 5.85. The van der Waals surface area contributed by atoms with Crippen molar-refractivity contribution in [3.63, 3.8) is 0 Å². The molecule has 2 aromatic rings. The van der Waals surface area contributed by atoms with E-state index in [2.05, 4.69) is 15.6 Å². The number of rotatable bonds is 5. The van der Waals surface area contributed by atoms with Gasteiger partial charge in [0.15, 0.2) is 0 Å². The van der Waals surface area contributed by atoms with Gasteiger partial charge in [-0.1, -0.05) is 11.6 Å². The number of benzene rings is 1. The van der Waals surface area contributed by atoms with Gasteiger partial charge in [0.05, 0.1) is 34.2 Å². The number of amides is 1. The van der Waals surface area contributed by atoms with Gasteiger partial charge in [-0.15, -0.1) is 0 Å². The van der Waals surface area contributed by atoms with Crippen molar-refractivity contribution in [2.24, 2.45) is 0 Å². The van der Waals surface area contributed by atoms with E-state index < -0.39 is 17.7 Å². The minimum Gasteiger partial charge on any atom is -0.427 e. The van der Waals surface area contributed by atoms with Crippen LogP contribution in [0.25, 0.3) is 0 Å². The van der Waals surface area contributed by atoms with Crippen molar-refractivity contribution in [1.29, 1.82) is 0 Å². The van der Waals surface area contributed by atoms with E-state index in [1.165, 1.54) is 32.0 Å². The van der Waals surface area contributed by atoms with Crippen LogP contribution >= 0.6 is 11.6 Å². The molecule has 0 saturated carbocycles. The molecule has 1 aromatic heterocycles. The van der Waals surface area contributed by atoms with Gasteiger partial charge >= 0.3 is 12.1 Å². The summed E-state index contributed by atoms with van der Waals surface area (Å²) < 4.78 is 43.0. The molecule has 10 heteroatoms. The van der Waals surface area contributed by atoms with Crippen molar-refractivity contribution in [2.45, 2.75) is 26.6 Å². The summed E-state index contributed by atoms with van der Waals surface area (Å²) in [6.07, 6.45) is -3.85. The standard InChI is InChI=1S/C17H15ClF3N3O3/c1-9(25)24-14-4-3-12(27-10(2)26)6-15(14)23-8-16-13(18)5-11(7-22-16)17(19,20)21/h3-7,23H,8H2,1-2H3,(H,24,25). The van der Waals surface area contributed by atoms with Crippen molar-refractivity contribution in [2.75, 3.05) is 10.6 Å². The highest BCUT2D eigenvalue weighted by molar-refractivity contribution is 6.31. The van der Waals surface area contributed by atoms with Gasteiger partial charge in [-0.25, -0.2) is 0 Å². The van der Waals surface area contributed by atoms with Gasteiger partial charge in [-0.3, -0.25) is 14.6 Å². The molecule has 144 valence electrons. The van der Waals surface area contributed by atoms with Crippen LogP contribution in [0, 0.1) is 0 Å². The first kappa shape index (κ1) is 20.5. The second-order valence-corrected chi connectivity index (χ2v) is 5.89. The fourth-order valence-electron chi connectivity index (χ4n) is 2.13. The highest BCUT2D eigenvalue weighted by Crippen LogP contribution is 2.32. The van der Waals surface area contributed by atoms with Crippen LogP contribution in [-0.4, -0.2) is 16.9 Å². The molecule has 0 bridgehead atoms. The van der Waals surface area contributed by atoms with Crippen molar-refractivity contribution >= 4 is 34.9 Å². The average molecular weight is 402 g/mol. The third-order valence-electron chi connectivity index (χ3n) is 3.25. The maximum absolute atomic E-state index is 12.7. The number of alkyl halides is 3. The molecule has 0 aliphatic carbocycles. The minimum absolute atomic E-state index is 0.0208. The number of esters is 1. The molecule has 0 unspecified atom stereocenters. The molecule has 1 amide bonds. The minimum atomic E-state index is -4.54. The Morgan fingerprint density at radius 2 is 1.89 bits per heavy atom. The second kappa shape index (κ2) is 8.26. The number of ether oxygens (including phenoxy) is 1. The lowest BCUT2D eigenvalue weighted by Crippen LogP contribution is -2.12. The summed E-state index contributed by atoms with van der Waals surface area (Å²) in [4.78, 5) is 26.2. The summed E-state index contributed by atoms with van der Waals surface area (Å²) in [7, 11) is 0. The molecule has 1 aromatic carbocycles. The van der Waals surface area contributed by atoms with E-state index >= 15 is 0 Å². The Kier molecular flexibility index (Phi) is 6.27. The van der Waals surface area contributed by atoms with Gasteiger partial charge in [-0.2, -0.15) is 13.2 Å². The number of halogens is 4. The first-order valence-electron chi connectivity index (χ1n) is 7.62. The van der Waals surface area contributed by atoms with Gasteiger partial charge < -0.3 is 15.4 Å². The first-order valence-corrected chi connectivity index (χ1v) is 7.99. The van der Waals surface area contributed by atoms with Crippen LogP contribution in [0.5, 0.6) is 5.75 Å². The van der Waals surface area contributed by atoms with Crippen LogP contribution in [0.15, 0.2) is 30.5 Å². The van der Waals surface area contributed by atoms with Gasteiger partial charge in [0.25, 0.3) is 0 Å². The molecule has 1 heterocycles. The molecule has 0 atom stereocenters. The van der Waals surface area contributed by atoms with Gasteiger partial charge in [0.1, 0.15) is 5.75 Å². The molecular formula is C17H15ClF3N3O3. The Labute approximate surface area is 157 Å². The van der Waals surface area contributed by atoms with Crippen LogP contribution in [0.3, 0.4) is 0 Å². The molecule has 2 rings (SSSR count). The third-order valence-corrected chi connectivity index (χ3v) is 3.58. The van der Waals surface area contributed by atoms with Crippen molar-refractivity contribution in [3.8, 4) is 5.75 Å². The summed E-state index contributed by atoms with van der Waals surface area (Å²) >= 11 is 5.88. The number of aromatic nitrogens is 1. The maximum Gasteiger partial charge on any atom is 0.417 e. The number of pyridine rings is 1. The van der Waals surface area contributed by atoms with Crippen LogP contribution in [0.1, 0.15) is 25.1 Å². The van der Waals surface area contributed by atoms with E-state index in [0.29, 0.717) is 17.6 Å². The number of nitrogens with one attached hydrogen (secondary N) is 2. The van der Waals surface area contributed by atoms with Crippen LogP contribution in [-0.2, 0) is 22.3 Å². The van der Waals surface area contributed by atoms with E-state index in [1.54, 1.807) is 0 Å². The Morgan fingerprint density at radius 1 is 1.19 bits per heavy atom. The van der Waals surface area contributed by atoms with E-state index in [-0.39, 0.29) is 28.9 Å². The van der Waals surface area contributed by atoms with E-state index in [4.69, 9.17) is 16.3 Å². The van der Waals surface area contributed by atoms with Gasteiger partial charge in [0.2, 0.25) is 5.91 Å². The zero-order valence-corrected chi connectivity index (χ0v) is 15.0. The Balaban J connectivity index is 2.24. The number of carbonyl (C=O) groups excluding carboxylic acids is 2. The van der Waals surface area contributed by atoms with Crippen molar-refractivity contribution in [1.82, 2.24) is 4.98 Å². The zero-order valence-electron chi connectivity index (χ0n) is 14.3. The molecule has 0 spiro atoms. The second-order valence-electron chi connectivity index (χ2n) is 5.49. The molecule has 0 aliphatic rings. The molecule has 0 aliphatic heterocycles. The Hall–Kier alpha value is -2.81. The van der Waals surface area contributed by atoms with Crippen LogP contribution < -0.4 is 15.4 Å². The molecule has 27 heavy (non-hydrogen) atoms. The molecule has 0 fully saturated rings. The summed E-state index contributed by atoms with van der Waals surface area (Å²) in [5.74, 6) is -0.629. The van der Waals surface area contributed by atoms with E-state index in [1.807, 2.05) is 0 Å². The highest BCUT2D eigenvalue weighted by Gasteiger charge is 2.31. The number of anilines is 2. The lowest BCUT2D eigenvalue weighted by atomic mass is 10.2. The average Bonchev–Trinajstić information content (AvgIpc) is 2.53. The smallest absolute Gasteiger partial charge is 0.417 e. The van der Waals surface area contributed by atoms with E-state index in [0.717, 1.165) is 6.07 Å². The van der Waals surface area contributed by atoms with Gasteiger partial charge in [0, 0.05) is 26.1 Å². The van der Waals surface area contributed by atoms with Gasteiger partial charge in [-0.05, 0) is 18.2 Å². The van der Waals surface area contributed by atoms with Crippen LogP contribution in [0.4, 0.5) is 24.5 Å². The highest BCUT2D eigenvalue weighted by atomic mass is 35.5. The van der Waals surface area contributed by atoms with Crippen molar-refractivity contribution < 1.29 is 27.5 Å². The van der Waals surface area contributed by atoms with E-state index in [9.17, 15) is 22.8 Å². The quantitative estimate of drug-likeness (QED) is 0.578. The number of hydrogen-bond acceptors (Lipinski definition) is 5. The number of nitrogens with zero attached hydrogens (tertiary/aromatic N) is 1. The predicted molar refractivity (Wildman–Crippen MR) is 93.6 cm³/mol. The summed E-state index contributed by atoms with van der Waals surface area (Å²) in [6.45, 7) is 2.53. The predicted octanol–water partition coefficient (Wildman–Crippen LogP) is 4.25. The molecular weight excluding hydrogens is 387 g/mol. The monoisotopic (exact) mass is 401 g/mol. The lowest BCUT2D eigenvalue weighted by Gasteiger charge is -2.15. The fourth-order valence-corrected chi connectivity index (χ4v) is 2.36.